The Labute approximate surface area is 163 Å². The van der Waals surface area contributed by atoms with Crippen LogP contribution in [0.5, 0.6) is 11.5 Å². The van der Waals surface area contributed by atoms with Gasteiger partial charge in [-0.25, -0.2) is 0 Å². The van der Waals surface area contributed by atoms with Crippen molar-refractivity contribution < 1.29 is 14.1 Å². The molecule has 1 aliphatic heterocycles. The van der Waals surface area contributed by atoms with Crippen molar-refractivity contribution in [3.05, 3.63) is 77.2 Å². The van der Waals surface area contributed by atoms with Gasteiger partial charge in [0.05, 0.1) is 6.04 Å². The molecule has 1 amide bonds. The molecule has 2 aromatic carbocycles. The Morgan fingerprint density at radius 3 is 2.46 bits per heavy atom. The minimum absolute atomic E-state index is 0.317. The van der Waals surface area contributed by atoms with Crippen molar-refractivity contribution in [2.24, 2.45) is 5.73 Å². The molecule has 1 unspecified atom stereocenters. The van der Waals surface area contributed by atoms with E-state index in [1.54, 1.807) is 24.3 Å². The van der Waals surface area contributed by atoms with Gasteiger partial charge in [-0.05, 0) is 68.3 Å². The summed E-state index contributed by atoms with van der Waals surface area (Å²) in [4.78, 5) is 13.6. The molecule has 1 saturated heterocycles. The molecule has 0 spiro atoms. The molecule has 144 valence electrons. The molecule has 1 aliphatic rings. The second kappa shape index (κ2) is 7.86. The number of hydrogen-bond acceptors (Lipinski definition) is 5. The number of benzene rings is 2. The fraction of sp³-hybridized carbons (Fsp3) is 0.273. The first-order chi connectivity index (χ1) is 13.6. The lowest BCUT2D eigenvalue weighted by molar-refractivity contribution is 0.100. The Bertz CT molecular complexity index is 948. The number of carbonyl (C=O) groups is 1. The molecule has 0 bridgehead atoms. The summed E-state index contributed by atoms with van der Waals surface area (Å²) in [5.41, 5.74) is 7.97. The van der Waals surface area contributed by atoms with Crippen molar-refractivity contribution in [1.29, 1.82) is 0 Å². The SMILES string of the molecule is Cc1cc(C2CCCN2Cc2ccc(Oc3ccc(C(N)=O)cc3)cc2)no1. The van der Waals surface area contributed by atoms with Crippen LogP contribution < -0.4 is 10.5 Å². The fourth-order valence-corrected chi connectivity index (χ4v) is 3.61. The van der Waals surface area contributed by atoms with Gasteiger partial charge in [0.2, 0.25) is 5.91 Å². The highest BCUT2D eigenvalue weighted by atomic mass is 16.5. The number of aromatic nitrogens is 1. The minimum atomic E-state index is -0.447. The van der Waals surface area contributed by atoms with Gasteiger partial charge in [0, 0.05) is 18.2 Å². The van der Waals surface area contributed by atoms with Crippen LogP contribution in [0.15, 0.2) is 59.1 Å². The van der Waals surface area contributed by atoms with Gasteiger partial charge < -0.3 is 15.0 Å². The molecule has 6 heteroatoms. The molecular weight excluding hydrogens is 354 g/mol. The number of aryl methyl sites for hydroxylation is 1. The van der Waals surface area contributed by atoms with Crippen LogP contribution >= 0.6 is 0 Å². The zero-order valence-corrected chi connectivity index (χ0v) is 15.8. The number of amides is 1. The number of primary amides is 1. The fourth-order valence-electron chi connectivity index (χ4n) is 3.61. The summed E-state index contributed by atoms with van der Waals surface area (Å²) in [5.74, 6) is 1.82. The largest absolute Gasteiger partial charge is 0.457 e. The van der Waals surface area contributed by atoms with E-state index >= 15 is 0 Å². The smallest absolute Gasteiger partial charge is 0.248 e. The maximum atomic E-state index is 11.1. The molecular formula is C22H23N3O3. The third kappa shape index (κ3) is 4.07. The highest BCUT2D eigenvalue weighted by molar-refractivity contribution is 5.92. The van der Waals surface area contributed by atoms with Gasteiger partial charge in [-0.3, -0.25) is 9.69 Å². The molecule has 2 heterocycles. The van der Waals surface area contributed by atoms with Gasteiger partial charge in [0.15, 0.2) is 0 Å². The van der Waals surface area contributed by atoms with Crippen molar-refractivity contribution >= 4 is 5.91 Å². The van der Waals surface area contributed by atoms with Gasteiger partial charge in [0.1, 0.15) is 23.0 Å². The summed E-state index contributed by atoms with van der Waals surface area (Å²) in [6.07, 6.45) is 2.27. The highest BCUT2D eigenvalue weighted by Crippen LogP contribution is 2.33. The highest BCUT2D eigenvalue weighted by Gasteiger charge is 2.28. The first-order valence-corrected chi connectivity index (χ1v) is 9.42. The van der Waals surface area contributed by atoms with Gasteiger partial charge in [-0.1, -0.05) is 17.3 Å². The number of carbonyl (C=O) groups excluding carboxylic acids is 1. The predicted octanol–water partition coefficient (Wildman–Crippen LogP) is 4.21. The summed E-state index contributed by atoms with van der Waals surface area (Å²) in [7, 11) is 0. The zero-order valence-electron chi connectivity index (χ0n) is 15.8. The molecule has 0 radical (unpaired) electrons. The van der Waals surface area contributed by atoms with Gasteiger partial charge in [0.25, 0.3) is 0 Å². The van der Waals surface area contributed by atoms with Crippen LogP contribution in [-0.4, -0.2) is 22.5 Å². The Balaban J connectivity index is 1.39. The number of hydrogen-bond donors (Lipinski definition) is 1. The van der Waals surface area contributed by atoms with E-state index in [2.05, 4.69) is 22.2 Å². The van der Waals surface area contributed by atoms with E-state index in [0.29, 0.717) is 17.4 Å². The van der Waals surface area contributed by atoms with E-state index in [1.165, 1.54) is 12.0 Å². The minimum Gasteiger partial charge on any atom is -0.457 e. The summed E-state index contributed by atoms with van der Waals surface area (Å²) in [6, 6.07) is 17.2. The number of nitrogens with zero attached hydrogens (tertiary/aromatic N) is 2. The molecule has 0 saturated carbocycles. The quantitative estimate of drug-likeness (QED) is 0.696. The van der Waals surface area contributed by atoms with Crippen molar-refractivity contribution in [3.63, 3.8) is 0 Å². The van der Waals surface area contributed by atoms with Gasteiger partial charge in [-0.15, -0.1) is 0 Å². The Morgan fingerprint density at radius 1 is 1.18 bits per heavy atom. The predicted molar refractivity (Wildman–Crippen MR) is 105 cm³/mol. The van der Waals surface area contributed by atoms with E-state index in [1.807, 2.05) is 25.1 Å². The second-order valence-electron chi connectivity index (χ2n) is 7.13. The molecule has 6 nitrogen and oxygen atoms in total. The average molecular weight is 377 g/mol. The average Bonchev–Trinajstić information content (AvgIpc) is 3.32. The third-order valence-corrected chi connectivity index (χ3v) is 5.03. The molecule has 2 N–H and O–H groups in total. The molecule has 28 heavy (non-hydrogen) atoms. The van der Waals surface area contributed by atoms with Crippen LogP contribution in [0.3, 0.4) is 0 Å². The summed E-state index contributed by atoms with van der Waals surface area (Å²) < 4.78 is 11.1. The molecule has 3 aromatic rings. The lowest BCUT2D eigenvalue weighted by Crippen LogP contribution is -2.22. The Kier molecular flexibility index (Phi) is 5.12. The van der Waals surface area contributed by atoms with E-state index in [-0.39, 0.29) is 0 Å². The number of rotatable bonds is 6. The first kappa shape index (κ1) is 18.3. The van der Waals surface area contributed by atoms with Gasteiger partial charge >= 0.3 is 0 Å². The number of likely N-dealkylation sites (tertiary alicyclic amines) is 1. The molecule has 1 aromatic heterocycles. The summed E-state index contributed by atoms with van der Waals surface area (Å²) in [6.45, 7) is 3.85. The normalized spacial score (nSPS) is 17.0. The topological polar surface area (TPSA) is 81.6 Å². The second-order valence-corrected chi connectivity index (χ2v) is 7.13. The maximum absolute atomic E-state index is 11.1. The van der Waals surface area contributed by atoms with Crippen LogP contribution in [0.25, 0.3) is 0 Å². The van der Waals surface area contributed by atoms with Crippen molar-refractivity contribution in [2.45, 2.75) is 32.4 Å². The summed E-state index contributed by atoms with van der Waals surface area (Å²) in [5, 5.41) is 4.20. The lowest BCUT2D eigenvalue weighted by atomic mass is 10.1. The maximum Gasteiger partial charge on any atom is 0.248 e. The number of nitrogens with two attached hydrogens (primary N) is 1. The molecule has 4 rings (SSSR count). The van der Waals surface area contributed by atoms with Crippen molar-refractivity contribution in [3.8, 4) is 11.5 Å². The van der Waals surface area contributed by atoms with Crippen LogP contribution in [0.4, 0.5) is 0 Å². The number of ether oxygens (including phenoxy) is 1. The standard InChI is InChI=1S/C22H23N3O3/c1-15-13-20(24-28-15)21-3-2-12-25(21)14-16-4-8-18(9-5-16)27-19-10-6-17(7-11-19)22(23)26/h4-11,13,21H,2-3,12,14H2,1H3,(H2,23,26). The van der Waals surface area contributed by atoms with E-state index in [9.17, 15) is 4.79 Å². The van der Waals surface area contributed by atoms with E-state index in [4.69, 9.17) is 15.0 Å². The van der Waals surface area contributed by atoms with E-state index in [0.717, 1.165) is 36.7 Å². The van der Waals surface area contributed by atoms with Crippen molar-refractivity contribution in [1.82, 2.24) is 10.1 Å². The van der Waals surface area contributed by atoms with Crippen molar-refractivity contribution in [2.75, 3.05) is 6.54 Å². The molecule has 1 atom stereocenters. The Morgan fingerprint density at radius 2 is 1.86 bits per heavy atom. The first-order valence-electron chi connectivity index (χ1n) is 9.42. The Hall–Kier alpha value is -3.12. The van der Waals surface area contributed by atoms with Crippen LogP contribution in [0, 0.1) is 6.92 Å². The molecule has 1 fully saturated rings. The molecule has 0 aliphatic carbocycles. The third-order valence-electron chi connectivity index (χ3n) is 5.03. The zero-order chi connectivity index (χ0) is 19.5. The van der Waals surface area contributed by atoms with Crippen LogP contribution in [-0.2, 0) is 6.54 Å². The summed E-state index contributed by atoms with van der Waals surface area (Å²) >= 11 is 0. The van der Waals surface area contributed by atoms with Crippen LogP contribution in [0.2, 0.25) is 0 Å². The van der Waals surface area contributed by atoms with Gasteiger partial charge in [-0.2, -0.15) is 0 Å². The lowest BCUT2D eigenvalue weighted by Gasteiger charge is -2.22. The van der Waals surface area contributed by atoms with Crippen LogP contribution in [0.1, 0.15) is 46.3 Å². The van der Waals surface area contributed by atoms with E-state index < -0.39 is 5.91 Å². The monoisotopic (exact) mass is 377 g/mol.